The lowest BCUT2D eigenvalue weighted by atomic mass is 10.0. The van der Waals surface area contributed by atoms with Gasteiger partial charge in [-0.2, -0.15) is 4.72 Å². The molecule has 0 bridgehead atoms. The molecule has 0 aliphatic rings. The van der Waals surface area contributed by atoms with E-state index in [0.29, 0.717) is 21.9 Å². The number of halogens is 1. The predicted octanol–water partition coefficient (Wildman–Crippen LogP) is 5.42. The normalized spacial score (nSPS) is 12.0. The third kappa shape index (κ3) is 6.92. The van der Waals surface area contributed by atoms with Gasteiger partial charge >= 0.3 is 0 Å². The third-order valence-corrected chi connectivity index (χ3v) is 7.80. The molecule has 0 spiro atoms. The Bertz CT molecular complexity index is 1590. The highest BCUT2D eigenvalue weighted by molar-refractivity contribution is 7.89. The van der Waals surface area contributed by atoms with Gasteiger partial charge in [0.15, 0.2) is 5.78 Å². The Morgan fingerprint density at radius 1 is 0.897 bits per heavy atom. The molecular formula is C30H27ClN2O5S. The fraction of sp³-hybridized carbons (Fsp3) is 0.133. The molecule has 0 fully saturated rings. The Morgan fingerprint density at radius 3 is 2.21 bits per heavy atom. The fourth-order valence-corrected chi connectivity index (χ4v) is 5.54. The molecule has 1 amide bonds. The third-order valence-electron chi connectivity index (χ3n) is 6.09. The molecule has 1 unspecified atom stereocenters. The zero-order valence-electron chi connectivity index (χ0n) is 21.3. The lowest BCUT2D eigenvalue weighted by Crippen LogP contribution is -2.45. The summed E-state index contributed by atoms with van der Waals surface area (Å²) >= 11 is 6.18. The number of sulfonamides is 1. The van der Waals surface area contributed by atoms with E-state index in [2.05, 4.69) is 10.0 Å². The SMILES string of the molecule is COc1ccc(S(=O)(=O)NC(Cc2ccccc2)C(=O)Nc2ccc(Cl)cc2C(=O)c2ccccc2)cc1C. The van der Waals surface area contributed by atoms with Gasteiger partial charge in [-0.1, -0.05) is 72.3 Å². The second-order valence-corrected chi connectivity index (χ2v) is 11.0. The number of amides is 1. The molecule has 39 heavy (non-hydrogen) atoms. The van der Waals surface area contributed by atoms with E-state index in [4.69, 9.17) is 16.3 Å². The molecule has 4 aromatic carbocycles. The van der Waals surface area contributed by atoms with Crippen LogP contribution in [0.1, 0.15) is 27.0 Å². The van der Waals surface area contributed by atoms with E-state index in [-0.39, 0.29) is 28.4 Å². The number of hydrogen-bond donors (Lipinski definition) is 2. The van der Waals surface area contributed by atoms with E-state index in [1.165, 1.54) is 31.4 Å². The molecule has 0 aliphatic carbocycles. The largest absolute Gasteiger partial charge is 0.496 e. The lowest BCUT2D eigenvalue weighted by molar-refractivity contribution is -0.117. The van der Waals surface area contributed by atoms with E-state index in [9.17, 15) is 18.0 Å². The average molecular weight is 563 g/mol. The van der Waals surface area contributed by atoms with Gasteiger partial charge < -0.3 is 10.1 Å². The second kappa shape index (κ2) is 12.3. The number of rotatable bonds is 10. The first-order valence-corrected chi connectivity index (χ1v) is 13.9. The van der Waals surface area contributed by atoms with E-state index < -0.39 is 22.0 Å². The Balaban J connectivity index is 1.66. The molecule has 0 saturated carbocycles. The van der Waals surface area contributed by atoms with Crippen molar-refractivity contribution in [2.45, 2.75) is 24.3 Å². The molecule has 0 radical (unpaired) electrons. The molecule has 9 heteroatoms. The average Bonchev–Trinajstić information content (AvgIpc) is 2.94. The summed E-state index contributed by atoms with van der Waals surface area (Å²) in [5, 5.41) is 3.07. The zero-order chi connectivity index (χ0) is 28.0. The predicted molar refractivity (Wildman–Crippen MR) is 152 cm³/mol. The van der Waals surface area contributed by atoms with Gasteiger partial charge in [-0.15, -0.1) is 0 Å². The number of nitrogens with one attached hydrogen (secondary N) is 2. The van der Waals surface area contributed by atoms with Crippen LogP contribution in [0.2, 0.25) is 5.02 Å². The Kier molecular flexibility index (Phi) is 8.81. The maximum atomic E-state index is 13.6. The summed E-state index contributed by atoms with van der Waals surface area (Å²) in [6.45, 7) is 1.73. The highest BCUT2D eigenvalue weighted by Crippen LogP contribution is 2.25. The summed E-state index contributed by atoms with van der Waals surface area (Å²) in [5.74, 6) is -0.412. The minimum atomic E-state index is -4.09. The van der Waals surface area contributed by atoms with Crippen molar-refractivity contribution in [2.75, 3.05) is 12.4 Å². The summed E-state index contributed by atoms with van der Waals surface area (Å²) in [7, 11) is -2.59. The molecule has 4 aromatic rings. The van der Waals surface area contributed by atoms with Crippen LogP contribution in [0.25, 0.3) is 0 Å². The molecule has 1 atom stereocenters. The monoisotopic (exact) mass is 562 g/mol. The van der Waals surface area contributed by atoms with Crippen LogP contribution in [-0.4, -0.2) is 33.3 Å². The van der Waals surface area contributed by atoms with Crippen molar-refractivity contribution in [1.29, 1.82) is 0 Å². The van der Waals surface area contributed by atoms with E-state index in [1.807, 2.05) is 18.2 Å². The minimum Gasteiger partial charge on any atom is -0.496 e. The van der Waals surface area contributed by atoms with Crippen molar-refractivity contribution in [1.82, 2.24) is 4.72 Å². The summed E-state index contributed by atoms with van der Waals surface area (Å²) in [4.78, 5) is 26.8. The van der Waals surface area contributed by atoms with Crippen LogP contribution in [0.4, 0.5) is 5.69 Å². The van der Waals surface area contributed by atoms with E-state index in [1.54, 1.807) is 61.5 Å². The number of anilines is 1. The minimum absolute atomic E-state index is 0.00176. The van der Waals surface area contributed by atoms with Crippen LogP contribution < -0.4 is 14.8 Å². The van der Waals surface area contributed by atoms with Crippen LogP contribution >= 0.6 is 11.6 Å². The van der Waals surface area contributed by atoms with Gasteiger partial charge in [0.05, 0.1) is 17.7 Å². The highest BCUT2D eigenvalue weighted by atomic mass is 35.5. The maximum Gasteiger partial charge on any atom is 0.242 e. The first-order valence-electron chi connectivity index (χ1n) is 12.1. The first-order chi connectivity index (χ1) is 18.7. The van der Waals surface area contributed by atoms with Crippen LogP contribution in [-0.2, 0) is 21.2 Å². The van der Waals surface area contributed by atoms with Crippen molar-refractivity contribution in [3.63, 3.8) is 0 Å². The molecule has 0 aliphatic heterocycles. The van der Waals surface area contributed by atoms with Crippen molar-refractivity contribution in [3.8, 4) is 5.75 Å². The van der Waals surface area contributed by atoms with Crippen molar-refractivity contribution < 1.29 is 22.7 Å². The summed E-state index contributed by atoms with van der Waals surface area (Å²) in [6, 6.07) is 25.5. The standard InChI is InChI=1S/C30H27ClN2O5S/c1-20-17-24(14-16-28(20)38-2)39(36,37)33-27(18-21-9-5-3-6-10-21)30(35)32-26-15-13-23(31)19-25(26)29(34)22-11-7-4-8-12-22/h3-17,19,27,33H,18H2,1-2H3,(H,32,35). The molecule has 7 nitrogen and oxygen atoms in total. The molecular weight excluding hydrogens is 536 g/mol. The Labute approximate surface area is 232 Å². The number of ether oxygens (including phenoxy) is 1. The Morgan fingerprint density at radius 2 is 1.56 bits per heavy atom. The number of carbonyl (C=O) groups is 2. The van der Waals surface area contributed by atoms with Crippen molar-refractivity contribution in [3.05, 3.63) is 124 Å². The van der Waals surface area contributed by atoms with Gasteiger partial charge in [-0.3, -0.25) is 9.59 Å². The maximum absolute atomic E-state index is 13.6. The summed E-state index contributed by atoms with van der Waals surface area (Å²) < 4.78 is 34.5. The Hall–Kier alpha value is -3.98. The van der Waals surface area contributed by atoms with Crippen LogP contribution in [0.5, 0.6) is 5.75 Å². The number of hydrogen-bond acceptors (Lipinski definition) is 5. The van der Waals surface area contributed by atoms with Gasteiger partial charge in [0.2, 0.25) is 15.9 Å². The molecule has 0 aromatic heterocycles. The zero-order valence-corrected chi connectivity index (χ0v) is 22.9. The molecule has 200 valence electrons. The topological polar surface area (TPSA) is 102 Å². The molecule has 0 heterocycles. The van der Waals surface area contributed by atoms with Gasteiger partial charge in [-0.25, -0.2) is 8.42 Å². The first kappa shape index (κ1) is 28.0. The second-order valence-electron chi connectivity index (χ2n) is 8.87. The lowest BCUT2D eigenvalue weighted by Gasteiger charge is -2.20. The summed E-state index contributed by atoms with van der Waals surface area (Å²) in [6.07, 6.45) is 0.0800. The van der Waals surface area contributed by atoms with Crippen molar-refractivity contribution in [2.24, 2.45) is 0 Å². The van der Waals surface area contributed by atoms with E-state index in [0.717, 1.165) is 5.56 Å². The quantitative estimate of drug-likeness (QED) is 0.251. The van der Waals surface area contributed by atoms with Crippen molar-refractivity contribution >= 4 is 39.0 Å². The van der Waals surface area contributed by atoms with Gasteiger partial charge in [0.25, 0.3) is 0 Å². The van der Waals surface area contributed by atoms with Crippen LogP contribution in [0, 0.1) is 6.92 Å². The number of methoxy groups -OCH3 is 1. The number of ketones is 1. The number of carbonyl (C=O) groups excluding carboxylic acids is 2. The number of benzene rings is 4. The van der Waals surface area contributed by atoms with Crippen LogP contribution in [0.3, 0.4) is 0 Å². The van der Waals surface area contributed by atoms with Crippen LogP contribution in [0.15, 0.2) is 102 Å². The smallest absolute Gasteiger partial charge is 0.242 e. The molecule has 2 N–H and O–H groups in total. The van der Waals surface area contributed by atoms with Gasteiger partial charge in [-0.05, 0) is 60.9 Å². The highest BCUT2D eigenvalue weighted by Gasteiger charge is 2.28. The summed E-state index contributed by atoms with van der Waals surface area (Å²) in [5.41, 5.74) is 2.22. The molecule has 4 rings (SSSR count). The van der Waals surface area contributed by atoms with E-state index >= 15 is 0 Å². The van der Waals surface area contributed by atoms with Gasteiger partial charge in [0, 0.05) is 16.1 Å². The molecule has 0 saturated heterocycles. The van der Waals surface area contributed by atoms with Gasteiger partial charge in [0.1, 0.15) is 11.8 Å². The number of aryl methyl sites for hydroxylation is 1. The fourth-order valence-electron chi connectivity index (χ4n) is 4.09.